The van der Waals surface area contributed by atoms with E-state index in [1.807, 2.05) is 31.5 Å². The number of anilines is 2. The number of fused-ring (bicyclic) bond motifs is 2. The van der Waals surface area contributed by atoms with Gasteiger partial charge in [0.2, 0.25) is 5.95 Å². The summed E-state index contributed by atoms with van der Waals surface area (Å²) < 4.78 is 7.51. The van der Waals surface area contributed by atoms with Gasteiger partial charge in [0.1, 0.15) is 11.6 Å². The van der Waals surface area contributed by atoms with Crippen molar-refractivity contribution in [1.29, 1.82) is 0 Å². The molecule has 10 heteroatoms. The highest BCUT2D eigenvalue weighted by Crippen LogP contribution is 2.51. The second-order valence-electron chi connectivity index (χ2n) is 9.63. The third kappa shape index (κ3) is 3.68. The van der Waals surface area contributed by atoms with E-state index in [0.29, 0.717) is 10.8 Å². The summed E-state index contributed by atoms with van der Waals surface area (Å²) in [4.78, 5) is 17.9. The number of nitrogens with two attached hydrogens (primary N) is 2. The van der Waals surface area contributed by atoms with Crippen LogP contribution in [-0.4, -0.2) is 39.6 Å². The normalized spacial score (nSPS) is 18.7. The van der Waals surface area contributed by atoms with Crippen molar-refractivity contribution in [3.05, 3.63) is 64.7 Å². The number of halogens is 1. The Balaban J connectivity index is 1.27. The lowest BCUT2D eigenvalue weighted by Gasteiger charge is -2.42. The summed E-state index contributed by atoms with van der Waals surface area (Å²) in [6.45, 7) is 3.79. The van der Waals surface area contributed by atoms with E-state index in [2.05, 4.69) is 31.4 Å². The topological polar surface area (TPSA) is 108 Å². The van der Waals surface area contributed by atoms with Crippen molar-refractivity contribution in [1.82, 2.24) is 19.4 Å². The summed E-state index contributed by atoms with van der Waals surface area (Å²) in [5.41, 5.74) is 17.1. The average molecular weight is 522 g/mol. The average Bonchev–Trinajstić information content (AvgIpc) is 3.47. The van der Waals surface area contributed by atoms with Crippen molar-refractivity contribution in [3.63, 3.8) is 0 Å². The van der Waals surface area contributed by atoms with Crippen LogP contribution in [0.5, 0.6) is 5.75 Å². The lowest BCUT2D eigenvalue weighted by atomic mass is 9.73. The van der Waals surface area contributed by atoms with Crippen LogP contribution in [0.4, 0.5) is 11.8 Å². The van der Waals surface area contributed by atoms with Gasteiger partial charge in [-0.05, 0) is 60.9 Å². The van der Waals surface area contributed by atoms with Crippen LogP contribution >= 0.6 is 23.4 Å². The Morgan fingerprint density at radius 3 is 2.75 bits per heavy atom. The van der Waals surface area contributed by atoms with E-state index < -0.39 is 0 Å². The first-order chi connectivity index (χ1) is 17.4. The van der Waals surface area contributed by atoms with Crippen LogP contribution < -0.4 is 21.1 Å². The van der Waals surface area contributed by atoms with Crippen molar-refractivity contribution >= 4 is 40.8 Å². The van der Waals surface area contributed by atoms with Crippen LogP contribution in [0, 0.1) is 12.3 Å². The van der Waals surface area contributed by atoms with E-state index in [9.17, 15) is 0 Å². The third-order valence-electron chi connectivity index (χ3n) is 7.68. The maximum Gasteiger partial charge on any atom is 0.211 e. The van der Waals surface area contributed by atoms with Gasteiger partial charge in [-0.3, -0.25) is 4.40 Å². The molecule has 0 saturated carbocycles. The first-order valence-corrected chi connectivity index (χ1v) is 13.2. The summed E-state index contributed by atoms with van der Waals surface area (Å²) in [5, 5.41) is 0.448. The highest BCUT2D eigenvalue weighted by Gasteiger charge is 2.46. The molecule has 0 bridgehead atoms. The number of hydrogen-bond donors (Lipinski definition) is 2. The molecule has 8 nitrogen and oxygen atoms in total. The fraction of sp³-hybridized carbons (Fsp3) is 0.346. The summed E-state index contributed by atoms with van der Waals surface area (Å²) in [7, 11) is 1.71. The zero-order valence-electron chi connectivity index (χ0n) is 20.2. The molecule has 4 N–H and O–H groups in total. The van der Waals surface area contributed by atoms with Crippen molar-refractivity contribution in [2.24, 2.45) is 11.1 Å². The molecule has 1 aliphatic heterocycles. The Morgan fingerprint density at radius 2 is 1.97 bits per heavy atom. The van der Waals surface area contributed by atoms with Gasteiger partial charge in [-0.15, -0.1) is 0 Å². The van der Waals surface area contributed by atoms with Gasteiger partial charge in [-0.1, -0.05) is 29.4 Å². The van der Waals surface area contributed by atoms with Crippen molar-refractivity contribution < 1.29 is 4.74 Å². The van der Waals surface area contributed by atoms with Gasteiger partial charge in [0.25, 0.3) is 0 Å². The maximum atomic E-state index is 6.83. The molecular weight excluding hydrogens is 494 g/mol. The van der Waals surface area contributed by atoms with Crippen LogP contribution in [0.15, 0.2) is 52.6 Å². The zero-order chi connectivity index (χ0) is 25.0. The molecule has 1 aromatic carbocycles. The summed E-state index contributed by atoms with van der Waals surface area (Å²) in [5.74, 6) is 2.12. The van der Waals surface area contributed by atoms with Crippen LogP contribution in [0.1, 0.15) is 35.7 Å². The Morgan fingerprint density at radius 1 is 1.17 bits per heavy atom. The number of pyridine rings is 1. The molecule has 1 spiro atoms. The Labute approximate surface area is 219 Å². The molecule has 3 aromatic heterocycles. The number of piperidine rings is 1. The number of aryl methyl sites for hydroxylation is 1. The van der Waals surface area contributed by atoms with E-state index >= 15 is 0 Å². The van der Waals surface area contributed by atoms with Crippen LogP contribution in [-0.2, 0) is 6.42 Å². The van der Waals surface area contributed by atoms with Crippen LogP contribution in [0.2, 0.25) is 5.02 Å². The smallest absolute Gasteiger partial charge is 0.211 e. The molecule has 4 heterocycles. The monoisotopic (exact) mass is 521 g/mol. The second kappa shape index (κ2) is 8.83. The van der Waals surface area contributed by atoms with E-state index in [4.69, 9.17) is 32.8 Å². The summed E-state index contributed by atoms with van der Waals surface area (Å²) in [6, 6.07) is 8.20. The zero-order valence-corrected chi connectivity index (χ0v) is 21.8. The second-order valence-corrected chi connectivity index (χ2v) is 11.1. The van der Waals surface area contributed by atoms with Gasteiger partial charge < -0.3 is 21.1 Å². The molecule has 0 radical (unpaired) electrons. The van der Waals surface area contributed by atoms with Crippen molar-refractivity contribution in [3.8, 4) is 5.75 Å². The van der Waals surface area contributed by atoms with Gasteiger partial charge in [-0.25, -0.2) is 15.0 Å². The fourth-order valence-electron chi connectivity index (χ4n) is 5.65. The standard InChI is InChI=1S/C26H28ClN7OS/c1-15-21(36-19-5-8-30-23(29)20(19)27)24-31-9-12-34(24)25(32-15)33-10-6-26(7-11-33)14-16-13-17(35-2)3-4-18(16)22(26)28/h3-5,8-9,12-13,22H,6-7,10-11,14,28H2,1-2H3,(H2,29,30)/t22-/m1/s1. The lowest BCUT2D eigenvalue weighted by molar-refractivity contribution is 0.186. The largest absolute Gasteiger partial charge is 0.497 e. The summed E-state index contributed by atoms with van der Waals surface area (Å²) in [6.07, 6.45) is 8.45. The van der Waals surface area contributed by atoms with E-state index in [1.165, 1.54) is 22.9 Å². The minimum absolute atomic E-state index is 0.0415. The molecule has 1 aliphatic carbocycles. The number of methoxy groups -OCH3 is 1. The fourth-order valence-corrected chi connectivity index (χ4v) is 6.85. The molecular formula is C26H28ClN7OS. The molecule has 0 unspecified atom stereocenters. The number of ether oxygens (including phenoxy) is 1. The number of nitrogens with zero attached hydrogens (tertiary/aromatic N) is 5. The number of nitrogen functional groups attached to an aromatic ring is 1. The number of hydrogen-bond acceptors (Lipinski definition) is 8. The molecule has 36 heavy (non-hydrogen) atoms. The minimum atomic E-state index is 0.0415. The van der Waals surface area contributed by atoms with Gasteiger partial charge in [0.15, 0.2) is 5.65 Å². The SMILES string of the molecule is COc1ccc2c(c1)CC1(CCN(c3nc(C)c(Sc4ccnc(N)c4Cl)c4nccn34)CC1)[C@@H]2N. The molecule has 4 aromatic rings. The quantitative estimate of drug-likeness (QED) is 0.399. The highest BCUT2D eigenvalue weighted by molar-refractivity contribution is 7.99. The Hall–Kier alpha value is -3.01. The predicted molar refractivity (Wildman–Crippen MR) is 143 cm³/mol. The first kappa shape index (κ1) is 23.4. The molecule has 1 atom stereocenters. The third-order valence-corrected chi connectivity index (χ3v) is 9.43. The highest BCUT2D eigenvalue weighted by atomic mass is 35.5. The molecule has 1 fully saturated rings. The molecule has 2 aliphatic rings. The van der Waals surface area contributed by atoms with Crippen LogP contribution in [0.3, 0.4) is 0 Å². The molecule has 1 saturated heterocycles. The molecule has 0 amide bonds. The van der Waals surface area contributed by atoms with E-state index in [0.717, 1.165) is 65.2 Å². The van der Waals surface area contributed by atoms with Crippen molar-refractivity contribution in [2.75, 3.05) is 30.8 Å². The van der Waals surface area contributed by atoms with E-state index in [1.54, 1.807) is 13.3 Å². The minimum Gasteiger partial charge on any atom is -0.497 e. The number of imidazole rings is 1. The number of rotatable bonds is 4. The van der Waals surface area contributed by atoms with Gasteiger partial charge in [-0.2, -0.15) is 0 Å². The Kier molecular flexibility index (Phi) is 5.74. The molecule has 6 rings (SSSR count). The Bertz CT molecular complexity index is 1460. The van der Waals surface area contributed by atoms with Crippen LogP contribution in [0.25, 0.3) is 5.65 Å². The maximum absolute atomic E-state index is 6.83. The van der Waals surface area contributed by atoms with E-state index in [-0.39, 0.29) is 11.5 Å². The predicted octanol–water partition coefficient (Wildman–Crippen LogP) is 4.67. The lowest BCUT2D eigenvalue weighted by Crippen LogP contribution is -2.45. The van der Waals surface area contributed by atoms with Crippen molar-refractivity contribution in [2.45, 2.75) is 42.0 Å². The van der Waals surface area contributed by atoms with Gasteiger partial charge >= 0.3 is 0 Å². The molecule has 186 valence electrons. The van der Waals surface area contributed by atoms with Gasteiger partial charge in [0.05, 0.1) is 22.7 Å². The first-order valence-electron chi connectivity index (χ1n) is 12.0. The number of benzene rings is 1. The summed E-state index contributed by atoms with van der Waals surface area (Å²) >= 11 is 7.93. The number of aromatic nitrogens is 4. The van der Waals surface area contributed by atoms with Gasteiger partial charge in [0, 0.05) is 42.6 Å².